The van der Waals surface area contributed by atoms with E-state index in [9.17, 15) is 4.79 Å². The van der Waals surface area contributed by atoms with E-state index in [2.05, 4.69) is 17.5 Å². The van der Waals surface area contributed by atoms with Gasteiger partial charge in [-0.3, -0.25) is 4.79 Å². The normalized spacial score (nSPS) is 12.6. The van der Waals surface area contributed by atoms with Crippen molar-refractivity contribution in [3.63, 3.8) is 0 Å². The molecule has 1 aromatic carbocycles. The molecule has 1 amide bonds. The Balaban J connectivity index is 2.79. The van der Waals surface area contributed by atoms with E-state index >= 15 is 0 Å². The van der Waals surface area contributed by atoms with Gasteiger partial charge in [-0.1, -0.05) is 61.5 Å². The van der Waals surface area contributed by atoms with Gasteiger partial charge in [0, 0.05) is 0 Å². The van der Waals surface area contributed by atoms with Gasteiger partial charge in [0.2, 0.25) is 0 Å². The van der Waals surface area contributed by atoms with Crippen LogP contribution in [0.3, 0.4) is 0 Å². The third-order valence-electron chi connectivity index (χ3n) is 3.64. The fourth-order valence-electron chi connectivity index (χ4n) is 2.32. The number of nitrogens with zero attached hydrogens (tertiary/aromatic N) is 2. The standard InChI is InChI=1S/C20H29Cl2N3O/c1-5-6-7-8-9-17(23-24-20(26)15-25(2,3)4)12-10-16-11-13-18(21)19(22)14-16/h10-14H,5-9,15H2,1-4H3/p+1/b12-10+,23-17-. The number of hydrogen-bond donors (Lipinski definition) is 1. The van der Waals surface area contributed by atoms with Gasteiger partial charge in [0.1, 0.15) is 0 Å². The number of halogens is 2. The molecule has 0 saturated carbocycles. The second-order valence-electron chi connectivity index (χ2n) is 7.40. The molecule has 26 heavy (non-hydrogen) atoms. The highest BCUT2D eigenvalue weighted by Crippen LogP contribution is 2.23. The number of nitrogens with one attached hydrogen (secondary N) is 1. The first kappa shape index (κ1) is 22.7. The van der Waals surface area contributed by atoms with Gasteiger partial charge in [0.05, 0.1) is 36.9 Å². The number of likely N-dealkylation sites (N-methyl/N-ethyl adjacent to an activating group) is 1. The largest absolute Gasteiger partial charge is 0.323 e. The molecule has 0 unspecified atom stereocenters. The summed E-state index contributed by atoms with van der Waals surface area (Å²) in [4.78, 5) is 12.0. The van der Waals surface area contributed by atoms with Gasteiger partial charge in [-0.05, 0) is 36.6 Å². The average molecular weight is 399 g/mol. The van der Waals surface area contributed by atoms with Crippen molar-refractivity contribution in [2.45, 2.75) is 39.0 Å². The van der Waals surface area contributed by atoms with Crippen LogP contribution in [0.4, 0.5) is 0 Å². The van der Waals surface area contributed by atoms with Gasteiger partial charge >= 0.3 is 0 Å². The monoisotopic (exact) mass is 398 g/mol. The Bertz CT molecular complexity index is 649. The molecule has 144 valence electrons. The van der Waals surface area contributed by atoms with Crippen LogP contribution < -0.4 is 5.43 Å². The lowest BCUT2D eigenvalue weighted by atomic mass is 10.1. The summed E-state index contributed by atoms with van der Waals surface area (Å²) in [6.07, 6.45) is 9.28. The van der Waals surface area contributed by atoms with E-state index in [1.807, 2.05) is 45.4 Å². The lowest BCUT2D eigenvalue weighted by Crippen LogP contribution is -2.43. The molecule has 0 bridgehead atoms. The van der Waals surface area contributed by atoms with Crippen LogP contribution in [-0.2, 0) is 4.79 Å². The van der Waals surface area contributed by atoms with E-state index in [-0.39, 0.29) is 5.91 Å². The molecule has 0 saturated heterocycles. The van der Waals surface area contributed by atoms with Crippen molar-refractivity contribution in [2.24, 2.45) is 5.10 Å². The molecule has 0 aromatic heterocycles. The lowest BCUT2D eigenvalue weighted by molar-refractivity contribution is -0.862. The minimum Gasteiger partial charge on any atom is -0.323 e. The Kier molecular flexibility index (Phi) is 9.92. The zero-order valence-corrected chi connectivity index (χ0v) is 17.7. The molecule has 0 aliphatic heterocycles. The molecule has 0 aliphatic carbocycles. The zero-order chi connectivity index (χ0) is 19.6. The number of quaternary nitrogens is 1. The molecule has 1 rings (SSSR count). The van der Waals surface area contributed by atoms with Crippen LogP contribution in [0.15, 0.2) is 29.4 Å². The topological polar surface area (TPSA) is 41.5 Å². The number of allylic oxidation sites excluding steroid dienone is 1. The number of benzene rings is 1. The van der Waals surface area contributed by atoms with Crippen LogP contribution in [0.5, 0.6) is 0 Å². The van der Waals surface area contributed by atoms with Crippen LogP contribution >= 0.6 is 23.2 Å². The second-order valence-corrected chi connectivity index (χ2v) is 8.22. The van der Waals surface area contributed by atoms with Gasteiger partial charge in [0.25, 0.3) is 5.91 Å². The fraction of sp³-hybridized carbons (Fsp3) is 0.500. The van der Waals surface area contributed by atoms with Crippen LogP contribution in [-0.4, -0.2) is 43.8 Å². The third-order valence-corrected chi connectivity index (χ3v) is 4.38. The molecule has 0 aliphatic rings. The van der Waals surface area contributed by atoms with Gasteiger partial charge in [-0.2, -0.15) is 5.10 Å². The van der Waals surface area contributed by atoms with Crippen molar-refractivity contribution in [3.05, 3.63) is 39.9 Å². The Labute approximate surface area is 167 Å². The number of carbonyl (C=O) groups is 1. The fourth-order valence-corrected chi connectivity index (χ4v) is 2.62. The van der Waals surface area contributed by atoms with Crippen molar-refractivity contribution in [1.29, 1.82) is 0 Å². The molecule has 0 atom stereocenters. The number of unbranched alkanes of at least 4 members (excludes halogenated alkanes) is 3. The maximum atomic E-state index is 12.0. The average Bonchev–Trinajstić information content (AvgIpc) is 2.54. The quantitative estimate of drug-likeness (QED) is 0.251. The van der Waals surface area contributed by atoms with Crippen molar-refractivity contribution >= 4 is 40.9 Å². The number of hydrogen-bond acceptors (Lipinski definition) is 2. The molecule has 1 aromatic rings. The van der Waals surface area contributed by atoms with Crippen molar-refractivity contribution in [3.8, 4) is 0 Å². The predicted octanol–water partition coefficient (Wildman–Crippen LogP) is 5.16. The number of carbonyl (C=O) groups excluding carboxylic acids is 1. The summed E-state index contributed by atoms with van der Waals surface area (Å²) in [6.45, 7) is 2.56. The third kappa shape index (κ3) is 9.95. The van der Waals surface area contributed by atoms with Gasteiger partial charge < -0.3 is 4.48 Å². The van der Waals surface area contributed by atoms with Crippen molar-refractivity contribution < 1.29 is 9.28 Å². The lowest BCUT2D eigenvalue weighted by Gasteiger charge is -2.22. The zero-order valence-electron chi connectivity index (χ0n) is 16.2. The molecule has 6 heteroatoms. The molecular formula is C20H30Cl2N3O+. The van der Waals surface area contributed by atoms with E-state index in [1.165, 1.54) is 12.8 Å². The second kappa shape index (κ2) is 11.4. The van der Waals surface area contributed by atoms with Gasteiger partial charge in [-0.15, -0.1) is 0 Å². The summed E-state index contributed by atoms with van der Waals surface area (Å²) in [5, 5.41) is 5.37. The minimum absolute atomic E-state index is 0.0912. The first-order chi connectivity index (χ1) is 12.2. The van der Waals surface area contributed by atoms with E-state index in [1.54, 1.807) is 6.07 Å². The number of amides is 1. The minimum atomic E-state index is -0.0912. The highest BCUT2D eigenvalue weighted by atomic mass is 35.5. The Morgan fingerprint density at radius 1 is 1.15 bits per heavy atom. The molecule has 0 radical (unpaired) electrons. The Morgan fingerprint density at radius 3 is 2.50 bits per heavy atom. The number of hydrazone groups is 1. The summed E-state index contributed by atoms with van der Waals surface area (Å²) in [7, 11) is 5.91. The molecule has 0 spiro atoms. The summed E-state index contributed by atoms with van der Waals surface area (Å²) in [5.41, 5.74) is 4.46. The van der Waals surface area contributed by atoms with Crippen molar-refractivity contribution in [2.75, 3.05) is 27.7 Å². The Hall–Kier alpha value is -1.36. The highest BCUT2D eigenvalue weighted by Gasteiger charge is 2.13. The highest BCUT2D eigenvalue weighted by molar-refractivity contribution is 6.42. The van der Waals surface area contributed by atoms with Gasteiger partial charge in [0.15, 0.2) is 6.54 Å². The molecule has 0 fully saturated rings. The van der Waals surface area contributed by atoms with E-state index in [0.717, 1.165) is 30.5 Å². The van der Waals surface area contributed by atoms with Crippen LogP contribution in [0, 0.1) is 0 Å². The van der Waals surface area contributed by atoms with E-state index in [0.29, 0.717) is 21.1 Å². The molecular weight excluding hydrogens is 369 g/mol. The van der Waals surface area contributed by atoms with Crippen molar-refractivity contribution in [1.82, 2.24) is 5.43 Å². The summed E-state index contributed by atoms with van der Waals surface area (Å²) in [6, 6.07) is 5.48. The summed E-state index contributed by atoms with van der Waals surface area (Å²) < 4.78 is 0.562. The van der Waals surface area contributed by atoms with Gasteiger partial charge in [-0.25, -0.2) is 5.43 Å². The first-order valence-corrected chi connectivity index (χ1v) is 9.76. The summed E-state index contributed by atoms with van der Waals surface area (Å²) >= 11 is 12.0. The van der Waals surface area contributed by atoms with E-state index < -0.39 is 0 Å². The van der Waals surface area contributed by atoms with E-state index in [4.69, 9.17) is 23.2 Å². The smallest absolute Gasteiger partial charge is 0.295 e. The predicted molar refractivity (Wildman–Crippen MR) is 113 cm³/mol. The molecule has 0 heterocycles. The maximum Gasteiger partial charge on any atom is 0.295 e. The van der Waals surface area contributed by atoms with Crippen LogP contribution in [0.1, 0.15) is 44.6 Å². The Morgan fingerprint density at radius 2 is 1.88 bits per heavy atom. The molecule has 1 N–H and O–H groups in total. The number of rotatable bonds is 10. The molecule has 4 nitrogen and oxygen atoms in total. The maximum absolute atomic E-state index is 12.0. The van der Waals surface area contributed by atoms with Crippen LogP contribution in [0.25, 0.3) is 6.08 Å². The summed E-state index contributed by atoms with van der Waals surface area (Å²) in [5.74, 6) is -0.0912. The van der Waals surface area contributed by atoms with Crippen LogP contribution in [0.2, 0.25) is 10.0 Å². The SMILES string of the molecule is CCCCCCC(/C=C/c1ccc(Cl)c(Cl)c1)=N/NC(=O)C[N+](C)(C)C. The first-order valence-electron chi connectivity index (χ1n) is 9.00.